The Morgan fingerprint density at radius 3 is 1.93 bits per heavy atom. The van der Waals surface area contributed by atoms with Crippen molar-refractivity contribution in [1.82, 2.24) is 5.32 Å². The molecule has 0 aromatic carbocycles. The van der Waals surface area contributed by atoms with Crippen molar-refractivity contribution in [3.05, 3.63) is 0 Å². The van der Waals surface area contributed by atoms with Crippen LogP contribution in [0.3, 0.4) is 0 Å². The summed E-state index contributed by atoms with van der Waals surface area (Å²) in [6.07, 6.45) is 7.17. The van der Waals surface area contributed by atoms with E-state index in [4.69, 9.17) is 0 Å². The Morgan fingerprint density at radius 2 is 1.57 bits per heavy atom. The van der Waals surface area contributed by atoms with Crippen LogP contribution in [0.5, 0.6) is 0 Å². The minimum absolute atomic E-state index is 0.623. The highest BCUT2D eigenvalue weighted by Crippen LogP contribution is 2.42. The second-order valence-corrected chi connectivity index (χ2v) is 4.18. The fourth-order valence-electron chi connectivity index (χ4n) is 2.65. The van der Waals surface area contributed by atoms with Crippen molar-refractivity contribution in [2.45, 2.75) is 72.3 Å². The van der Waals surface area contributed by atoms with E-state index in [0.29, 0.717) is 5.54 Å². The van der Waals surface area contributed by atoms with Crippen LogP contribution < -0.4 is 5.32 Å². The van der Waals surface area contributed by atoms with Crippen LogP contribution >= 0.6 is 0 Å². The zero-order valence-corrected chi connectivity index (χ0v) is 10.8. The van der Waals surface area contributed by atoms with E-state index in [1.807, 2.05) is 27.7 Å². The van der Waals surface area contributed by atoms with E-state index in [-0.39, 0.29) is 0 Å². The number of hydrogen-bond donors (Lipinski definition) is 1. The molecular formula is C13H29N. The van der Waals surface area contributed by atoms with Gasteiger partial charge in [0.15, 0.2) is 0 Å². The van der Waals surface area contributed by atoms with E-state index in [0.717, 1.165) is 5.92 Å². The molecule has 86 valence electrons. The van der Waals surface area contributed by atoms with Gasteiger partial charge >= 0.3 is 0 Å². The summed E-state index contributed by atoms with van der Waals surface area (Å²) in [6, 6.07) is 0. The summed E-state index contributed by atoms with van der Waals surface area (Å²) in [4.78, 5) is 0. The second-order valence-electron chi connectivity index (χ2n) is 4.18. The molecule has 0 atom stereocenters. The van der Waals surface area contributed by atoms with Crippen LogP contribution in [0.1, 0.15) is 66.7 Å². The molecule has 0 radical (unpaired) electrons. The standard InChI is InChI=1S/C9H17N.2C2H6/c1-8-6-9(7-8)4-2-3-5-10-9;2*1-2/h8,10H,2-7H2,1H3;2*1-2H3. The molecule has 2 fully saturated rings. The molecule has 1 aliphatic heterocycles. The van der Waals surface area contributed by atoms with E-state index in [1.165, 1.54) is 38.6 Å². The van der Waals surface area contributed by atoms with Crippen molar-refractivity contribution in [2.24, 2.45) is 5.92 Å². The van der Waals surface area contributed by atoms with Crippen LogP contribution in [0.2, 0.25) is 0 Å². The first kappa shape index (κ1) is 14.0. The zero-order chi connectivity index (χ0) is 11.0. The molecule has 1 spiro atoms. The lowest BCUT2D eigenvalue weighted by Gasteiger charge is -2.49. The highest BCUT2D eigenvalue weighted by molar-refractivity contribution is 5.00. The number of hydrogen-bond acceptors (Lipinski definition) is 1. The monoisotopic (exact) mass is 199 g/mol. The average molecular weight is 199 g/mol. The van der Waals surface area contributed by atoms with Crippen molar-refractivity contribution >= 4 is 0 Å². The average Bonchev–Trinajstić information content (AvgIpc) is 2.23. The van der Waals surface area contributed by atoms with Gasteiger partial charge in [0.25, 0.3) is 0 Å². The van der Waals surface area contributed by atoms with Gasteiger partial charge < -0.3 is 5.32 Å². The predicted molar refractivity (Wildman–Crippen MR) is 65.7 cm³/mol. The van der Waals surface area contributed by atoms with E-state index in [1.54, 1.807) is 0 Å². The first-order valence-electron chi connectivity index (χ1n) is 6.56. The molecule has 0 bridgehead atoms. The van der Waals surface area contributed by atoms with Gasteiger partial charge in [-0.3, -0.25) is 0 Å². The largest absolute Gasteiger partial charge is 0.311 e. The third-order valence-electron chi connectivity index (χ3n) is 3.06. The maximum absolute atomic E-state index is 3.66. The maximum Gasteiger partial charge on any atom is 0.0186 e. The van der Waals surface area contributed by atoms with E-state index >= 15 is 0 Å². The minimum Gasteiger partial charge on any atom is -0.311 e. The van der Waals surface area contributed by atoms with Gasteiger partial charge in [-0.1, -0.05) is 41.0 Å². The van der Waals surface area contributed by atoms with Crippen molar-refractivity contribution in [2.75, 3.05) is 6.54 Å². The van der Waals surface area contributed by atoms with Crippen molar-refractivity contribution in [3.63, 3.8) is 0 Å². The third-order valence-corrected chi connectivity index (χ3v) is 3.06. The Hall–Kier alpha value is -0.0400. The summed E-state index contributed by atoms with van der Waals surface area (Å²) < 4.78 is 0. The van der Waals surface area contributed by atoms with Crippen molar-refractivity contribution in [3.8, 4) is 0 Å². The summed E-state index contributed by atoms with van der Waals surface area (Å²) in [5.74, 6) is 0.991. The Balaban J connectivity index is 0.000000379. The van der Waals surface area contributed by atoms with E-state index in [2.05, 4.69) is 12.2 Å². The Labute approximate surface area is 90.7 Å². The first-order valence-corrected chi connectivity index (χ1v) is 6.56. The topological polar surface area (TPSA) is 12.0 Å². The van der Waals surface area contributed by atoms with Crippen molar-refractivity contribution in [1.29, 1.82) is 0 Å². The van der Waals surface area contributed by atoms with Gasteiger partial charge in [0.2, 0.25) is 0 Å². The Bertz CT molecular complexity index is 110. The summed E-state index contributed by atoms with van der Waals surface area (Å²) in [5.41, 5.74) is 0.623. The molecule has 0 aromatic heterocycles. The fraction of sp³-hybridized carbons (Fsp3) is 1.00. The van der Waals surface area contributed by atoms with Crippen LogP contribution in [0.4, 0.5) is 0 Å². The number of nitrogens with one attached hydrogen (secondary N) is 1. The van der Waals surface area contributed by atoms with Gasteiger partial charge in [-0.25, -0.2) is 0 Å². The lowest BCUT2D eigenvalue weighted by molar-refractivity contribution is 0.0852. The van der Waals surface area contributed by atoms with Crippen LogP contribution in [0.15, 0.2) is 0 Å². The lowest BCUT2D eigenvalue weighted by atomic mass is 9.65. The first-order chi connectivity index (χ1) is 6.81. The van der Waals surface area contributed by atoms with Gasteiger partial charge in [-0.05, 0) is 38.1 Å². The lowest BCUT2D eigenvalue weighted by Crippen LogP contribution is -2.56. The highest BCUT2D eigenvalue weighted by Gasteiger charge is 2.41. The Kier molecular flexibility index (Phi) is 7.26. The number of piperidine rings is 1. The van der Waals surface area contributed by atoms with Crippen LogP contribution in [-0.2, 0) is 0 Å². The molecular weight excluding hydrogens is 170 g/mol. The normalized spacial score (nSPS) is 34.5. The molecule has 1 heterocycles. The Morgan fingerprint density at radius 1 is 1.00 bits per heavy atom. The highest BCUT2D eigenvalue weighted by atomic mass is 15.0. The van der Waals surface area contributed by atoms with Gasteiger partial charge in [0, 0.05) is 5.54 Å². The fourth-order valence-corrected chi connectivity index (χ4v) is 2.65. The van der Waals surface area contributed by atoms with Crippen LogP contribution in [-0.4, -0.2) is 12.1 Å². The molecule has 1 N–H and O–H groups in total. The maximum atomic E-state index is 3.66. The molecule has 1 saturated heterocycles. The molecule has 1 saturated carbocycles. The third kappa shape index (κ3) is 3.61. The SMILES string of the molecule is CC.CC.CC1CC2(CCCCN2)C1. The molecule has 0 aromatic rings. The van der Waals surface area contributed by atoms with E-state index in [9.17, 15) is 0 Å². The summed E-state index contributed by atoms with van der Waals surface area (Å²) in [6.45, 7) is 11.6. The molecule has 1 heteroatoms. The molecule has 2 rings (SSSR count). The molecule has 2 aliphatic rings. The second kappa shape index (κ2) is 7.28. The van der Waals surface area contributed by atoms with Gasteiger partial charge in [0.05, 0.1) is 0 Å². The smallest absolute Gasteiger partial charge is 0.0186 e. The van der Waals surface area contributed by atoms with Crippen LogP contribution in [0.25, 0.3) is 0 Å². The zero-order valence-electron chi connectivity index (χ0n) is 10.8. The minimum atomic E-state index is 0.623. The number of rotatable bonds is 0. The van der Waals surface area contributed by atoms with Gasteiger partial charge in [0.1, 0.15) is 0 Å². The molecule has 0 amide bonds. The molecule has 1 nitrogen and oxygen atoms in total. The molecule has 0 unspecified atom stereocenters. The molecule has 14 heavy (non-hydrogen) atoms. The summed E-state index contributed by atoms with van der Waals surface area (Å²) in [7, 11) is 0. The van der Waals surface area contributed by atoms with Crippen LogP contribution in [0, 0.1) is 5.92 Å². The summed E-state index contributed by atoms with van der Waals surface area (Å²) >= 11 is 0. The van der Waals surface area contributed by atoms with E-state index < -0.39 is 0 Å². The predicted octanol–water partition coefficient (Wildman–Crippen LogP) is 3.98. The van der Waals surface area contributed by atoms with Gasteiger partial charge in [-0.15, -0.1) is 0 Å². The summed E-state index contributed by atoms with van der Waals surface area (Å²) in [5, 5.41) is 3.66. The quantitative estimate of drug-likeness (QED) is 0.622. The van der Waals surface area contributed by atoms with Gasteiger partial charge in [-0.2, -0.15) is 0 Å². The molecule has 1 aliphatic carbocycles. The van der Waals surface area contributed by atoms with Crippen molar-refractivity contribution < 1.29 is 0 Å².